The van der Waals surface area contributed by atoms with E-state index in [9.17, 15) is 0 Å². The maximum Gasteiger partial charge on any atom is 0.0547 e. The summed E-state index contributed by atoms with van der Waals surface area (Å²) in [4.78, 5) is 2.40. The molecule has 0 aliphatic heterocycles. The van der Waals surface area contributed by atoms with E-state index in [1.807, 2.05) is 11.3 Å². The first-order valence-electron chi connectivity index (χ1n) is 19.1. The van der Waals surface area contributed by atoms with E-state index < -0.39 is 0 Å². The summed E-state index contributed by atoms with van der Waals surface area (Å²) in [6.07, 6.45) is 4.55. The van der Waals surface area contributed by atoms with Crippen molar-refractivity contribution in [1.29, 1.82) is 0 Å². The lowest BCUT2D eigenvalue weighted by atomic mass is 9.94. The monoisotopic (exact) mass is 720 g/mol. The lowest BCUT2D eigenvalue weighted by Crippen LogP contribution is -2.10. The molecule has 0 atom stereocenters. The molecule has 0 N–H and O–H groups in total. The van der Waals surface area contributed by atoms with Gasteiger partial charge < -0.3 is 9.47 Å². The number of anilines is 3. The molecule has 2 heterocycles. The van der Waals surface area contributed by atoms with Crippen LogP contribution >= 0.6 is 11.3 Å². The summed E-state index contributed by atoms with van der Waals surface area (Å²) in [5.41, 5.74) is 14.7. The highest BCUT2D eigenvalue weighted by molar-refractivity contribution is 7.25. The van der Waals surface area contributed by atoms with E-state index in [1.54, 1.807) is 0 Å². The van der Waals surface area contributed by atoms with Gasteiger partial charge in [0.2, 0.25) is 0 Å². The minimum Gasteiger partial charge on any atom is -0.310 e. The zero-order chi connectivity index (χ0) is 36.3. The summed E-state index contributed by atoms with van der Waals surface area (Å²) < 4.78 is 5.10. The second-order valence-electron chi connectivity index (χ2n) is 14.4. The fourth-order valence-electron chi connectivity index (χ4n) is 8.64. The van der Waals surface area contributed by atoms with E-state index in [-0.39, 0.29) is 0 Å². The maximum atomic E-state index is 2.50. The summed E-state index contributed by atoms with van der Waals surface area (Å²) in [6.45, 7) is 0. The summed E-state index contributed by atoms with van der Waals surface area (Å²) >= 11 is 1.86. The fourth-order valence-corrected chi connectivity index (χ4v) is 9.78. The first-order chi connectivity index (χ1) is 27.3. The van der Waals surface area contributed by atoms with E-state index in [0.29, 0.717) is 0 Å². The highest BCUT2D eigenvalue weighted by Crippen LogP contribution is 2.43. The Bertz CT molecular complexity index is 3090. The quantitative estimate of drug-likeness (QED) is 0.166. The number of thiophene rings is 1. The Balaban J connectivity index is 1.06. The Labute approximate surface area is 324 Å². The largest absolute Gasteiger partial charge is 0.310 e. The standard InChI is InChI=1S/C52H36N2S/c1-2-12-35(13-3-1)36-24-27-40(28-25-36)53(42-29-31-47-46-20-7-9-23-51(46)55-52(47)34-42)41-17-10-16-38(32-41)39-26-30-45-44-19-6-8-21-49(44)54(50(45)33-39)48-22-11-15-37-14-4-5-18-43(37)48/h1-10,12-14,16-34H,11,15H2. The van der Waals surface area contributed by atoms with Gasteiger partial charge in [0.05, 0.1) is 11.0 Å². The van der Waals surface area contributed by atoms with Gasteiger partial charge in [-0.05, 0) is 95.3 Å². The third-order valence-electron chi connectivity index (χ3n) is 11.3. The van der Waals surface area contributed by atoms with Gasteiger partial charge in [-0.15, -0.1) is 11.3 Å². The second kappa shape index (κ2) is 13.0. The molecule has 11 rings (SSSR count). The van der Waals surface area contributed by atoms with Gasteiger partial charge in [-0.3, -0.25) is 0 Å². The van der Waals surface area contributed by atoms with Crippen molar-refractivity contribution in [2.75, 3.05) is 4.90 Å². The van der Waals surface area contributed by atoms with Crippen molar-refractivity contribution in [3.63, 3.8) is 0 Å². The predicted molar refractivity (Wildman–Crippen MR) is 236 cm³/mol. The van der Waals surface area contributed by atoms with Crippen molar-refractivity contribution >= 4 is 76.1 Å². The van der Waals surface area contributed by atoms with Crippen LogP contribution in [0.5, 0.6) is 0 Å². The molecule has 55 heavy (non-hydrogen) atoms. The number of allylic oxidation sites excluding steroid dienone is 1. The Morgan fingerprint density at radius 1 is 0.418 bits per heavy atom. The van der Waals surface area contributed by atoms with E-state index in [0.717, 1.165) is 29.9 Å². The molecular weight excluding hydrogens is 685 g/mol. The molecule has 1 aliphatic rings. The SMILES string of the molecule is C1=C(n2c3ccccc3c3ccc(-c4cccc(N(c5ccc(-c6ccccc6)cc5)c5ccc6c(c5)sc5ccccc56)c4)cc32)c2ccccc2CC1. The van der Waals surface area contributed by atoms with Crippen LogP contribution in [0, 0.1) is 0 Å². The van der Waals surface area contributed by atoms with Crippen LogP contribution in [0.3, 0.4) is 0 Å². The van der Waals surface area contributed by atoms with Gasteiger partial charge in [-0.2, -0.15) is 0 Å². The minimum atomic E-state index is 1.04. The van der Waals surface area contributed by atoms with Gasteiger partial charge in [0.25, 0.3) is 0 Å². The summed E-state index contributed by atoms with van der Waals surface area (Å²) in [7, 11) is 0. The number of aromatic nitrogens is 1. The molecule has 0 unspecified atom stereocenters. The first-order valence-corrected chi connectivity index (χ1v) is 19.9. The highest BCUT2D eigenvalue weighted by Gasteiger charge is 2.21. The van der Waals surface area contributed by atoms with Crippen LogP contribution < -0.4 is 4.90 Å². The van der Waals surface area contributed by atoms with Crippen LogP contribution in [-0.2, 0) is 6.42 Å². The minimum absolute atomic E-state index is 1.04. The average Bonchev–Trinajstić information content (AvgIpc) is 3.79. The predicted octanol–water partition coefficient (Wildman–Crippen LogP) is 14.8. The van der Waals surface area contributed by atoms with Crippen molar-refractivity contribution in [2.24, 2.45) is 0 Å². The van der Waals surface area contributed by atoms with Crippen molar-refractivity contribution < 1.29 is 0 Å². The van der Waals surface area contributed by atoms with Crippen LogP contribution in [-0.4, -0.2) is 4.57 Å². The Hall–Kier alpha value is -6.68. The summed E-state index contributed by atoms with van der Waals surface area (Å²) in [6, 6.07) is 69.1. The zero-order valence-electron chi connectivity index (χ0n) is 30.2. The number of benzene rings is 8. The second-order valence-corrected chi connectivity index (χ2v) is 15.5. The van der Waals surface area contributed by atoms with E-state index >= 15 is 0 Å². The Kier molecular flexibility index (Phi) is 7.53. The number of aryl methyl sites for hydroxylation is 1. The number of para-hydroxylation sites is 1. The van der Waals surface area contributed by atoms with Crippen molar-refractivity contribution in [3.8, 4) is 22.3 Å². The lowest BCUT2D eigenvalue weighted by molar-refractivity contribution is 0.957. The zero-order valence-corrected chi connectivity index (χ0v) is 31.0. The number of nitrogens with zero attached hydrogens (tertiary/aromatic N) is 2. The van der Waals surface area contributed by atoms with Crippen molar-refractivity contribution in [1.82, 2.24) is 4.57 Å². The van der Waals surface area contributed by atoms with Crippen LogP contribution in [0.2, 0.25) is 0 Å². The number of rotatable bonds is 6. The molecule has 0 saturated carbocycles. The van der Waals surface area contributed by atoms with Crippen molar-refractivity contribution in [3.05, 3.63) is 205 Å². The van der Waals surface area contributed by atoms with Gasteiger partial charge >= 0.3 is 0 Å². The van der Waals surface area contributed by atoms with Crippen LogP contribution in [0.15, 0.2) is 194 Å². The molecule has 0 fully saturated rings. The normalized spacial score (nSPS) is 12.7. The van der Waals surface area contributed by atoms with Gasteiger partial charge in [0, 0.05) is 59.3 Å². The molecule has 260 valence electrons. The molecule has 0 bridgehead atoms. The Morgan fingerprint density at radius 3 is 1.96 bits per heavy atom. The number of hydrogen-bond acceptors (Lipinski definition) is 2. The molecule has 0 amide bonds. The van der Waals surface area contributed by atoms with Gasteiger partial charge in [-0.25, -0.2) is 0 Å². The molecule has 0 saturated heterocycles. The van der Waals surface area contributed by atoms with Crippen LogP contribution in [0.4, 0.5) is 17.1 Å². The average molecular weight is 721 g/mol. The van der Waals surface area contributed by atoms with Gasteiger partial charge in [0.15, 0.2) is 0 Å². The van der Waals surface area contributed by atoms with E-state index in [4.69, 9.17) is 0 Å². The summed E-state index contributed by atoms with van der Waals surface area (Å²) in [5, 5.41) is 5.17. The molecule has 0 spiro atoms. The first kappa shape index (κ1) is 31.8. The van der Waals surface area contributed by atoms with Crippen LogP contribution in [0.1, 0.15) is 17.5 Å². The molecule has 1 aliphatic carbocycles. The van der Waals surface area contributed by atoms with Gasteiger partial charge in [0.1, 0.15) is 0 Å². The van der Waals surface area contributed by atoms with Crippen molar-refractivity contribution in [2.45, 2.75) is 12.8 Å². The molecule has 2 nitrogen and oxygen atoms in total. The molecule has 3 heteroatoms. The maximum absolute atomic E-state index is 2.50. The molecule has 8 aromatic carbocycles. The highest BCUT2D eigenvalue weighted by atomic mass is 32.1. The van der Waals surface area contributed by atoms with Gasteiger partial charge in [-0.1, -0.05) is 140 Å². The summed E-state index contributed by atoms with van der Waals surface area (Å²) in [5.74, 6) is 0. The molecule has 2 aromatic heterocycles. The third kappa shape index (κ3) is 5.39. The smallest absolute Gasteiger partial charge is 0.0547 e. The third-order valence-corrected chi connectivity index (χ3v) is 12.4. The lowest BCUT2D eigenvalue weighted by Gasteiger charge is -2.26. The Morgan fingerprint density at radius 2 is 1.05 bits per heavy atom. The topological polar surface area (TPSA) is 8.17 Å². The molecular formula is C52H36N2S. The molecule has 10 aromatic rings. The number of fused-ring (bicyclic) bond motifs is 7. The van der Waals surface area contributed by atoms with E-state index in [2.05, 4.69) is 204 Å². The van der Waals surface area contributed by atoms with Crippen LogP contribution in [0.25, 0.3) is 69.9 Å². The fraction of sp³-hybridized carbons (Fsp3) is 0.0385. The van der Waals surface area contributed by atoms with E-state index in [1.165, 1.54) is 81.1 Å². The number of hydrogen-bond donors (Lipinski definition) is 0. The molecule has 0 radical (unpaired) electrons.